The van der Waals surface area contributed by atoms with Gasteiger partial charge < -0.3 is 24.3 Å². The molecule has 9 heteroatoms. The van der Waals surface area contributed by atoms with E-state index in [1.807, 2.05) is 19.1 Å². The van der Waals surface area contributed by atoms with E-state index < -0.39 is 0 Å². The fraction of sp³-hybridized carbons (Fsp3) is 0.667. The third-order valence-corrected chi connectivity index (χ3v) is 6.41. The Hall–Kier alpha value is -1.97. The first-order valence-electron chi connectivity index (χ1n) is 10.5. The molecule has 2 heterocycles. The molecular weight excluding hydrogens is 406 g/mol. The fourth-order valence-electron chi connectivity index (χ4n) is 3.68. The van der Waals surface area contributed by atoms with E-state index in [9.17, 15) is 4.79 Å². The van der Waals surface area contributed by atoms with E-state index in [1.54, 1.807) is 7.11 Å². The molecule has 2 saturated carbocycles. The van der Waals surface area contributed by atoms with Crippen molar-refractivity contribution < 1.29 is 23.7 Å². The molecule has 0 unspecified atom stereocenters. The second-order valence-electron chi connectivity index (χ2n) is 8.23. The number of hydrogen-bond acceptors (Lipinski definition) is 8. The number of hydrogen-bond donors (Lipinski definition) is 1. The van der Waals surface area contributed by atoms with Gasteiger partial charge in [0.1, 0.15) is 11.6 Å². The van der Waals surface area contributed by atoms with Gasteiger partial charge in [-0.25, -0.2) is 9.97 Å². The highest BCUT2D eigenvalue weighted by Gasteiger charge is 2.32. The summed E-state index contributed by atoms with van der Waals surface area (Å²) < 4.78 is 22.9. The molecule has 2 aliphatic rings. The van der Waals surface area contributed by atoms with Crippen LogP contribution < -0.4 is 14.8 Å². The fourth-order valence-corrected chi connectivity index (χ4v) is 4.53. The first kappa shape index (κ1) is 21.3. The number of ether oxygens (including phenoxy) is 4. The van der Waals surface area contributed by atoms with Crippen LogP contribution in [0, 0.1) is 5.92 Å². The molecule has 1 N–H and O–H groups in total. The number of rotatable bonds is 10. The zero-order valence-corrected chi connectivity index (χ0v) is 18.4. The Balaban J connectivity index is 1.18. The second-order valence-corrected chi connectivity index (χ2v) is 9.17. The van der Waals surface area contributed by atoms with Gasteiger partial charge in [-0.05, 0) is 31.7 Å². The van der Waals surface area contributed by atoms with E-state index in [4.69, 9.17) is 18.9 Å². The minimum atomic E-state index is -0.0298. The molecule has 0 spiro atoms. The summed E-state index contributed by atoms with van der Waals surface area (Å²) in [5, 5.41) is 3.48. The van der Waals surface area contributed by atoms with Crippen LogP contribution in [0.2, 0.25) is 0 Å². The van der Waals surface area contributed by atoms with Gasteiger partial charge in [-0.15, -0.1) is 0 Å². The lowest BCUT2D eigenvalue weighted by Crippen LogP contribution is -2.40. The standard InChI is InChI=1S/C21H29N3O5S/c1-12(22-13(2)25)10-27-16-6-14(7-16)11-28-19-5-4-18-20(24-19)30-21(23-18)29-17-8-15(9-17)26-3/h4-5,12,14-17H,6-11H2,1-3H3,(H,22,25)/t12-,14-,15-,16-,17+/m0/s1. The van der Waals surface area contributed by atoms with Crippen molar-refractivity contribution in [1.29, 1.82) is 0 Å². The minimum Gasteiger partial charge on any atom is -0.477 e. The minimum absolute atomic E-state index is 0.0298. The number of thiazole rings is 1. The Morgan fingerprint density at radius 1 is 1.20 bits per heavy atom. The maximum Gasteiger partial charge on any atom is 0.276 e. The molecule has 0 saturated heterocycles. The molecule has 0 bridgehead atoms. The summed E-state index contributed by atoms with van der Waals surface area (Å²) in [6.45, 7) is 4.63. The molecule has 1 amide bonds. The molecule has 2 fully saturated rings. The van der Waals surface area contributed by atoms with Crippen LogP contribution in [0.1, 0.15) is 39.5 Å². The number of amides is 1. The molecule has 30 heavy (non-hydrogen) atoms. The molecule has 8 nitrogen and oxygen atoms in total. The zero-order chi connectivity index (χ0) is 21.1. The molecule has 0 radical (unpaired) electrons. The first-order chi connectivity index (χ1) is 14.5. The Labute approximate surface area is 180 Å². The molecule has 2 aromatic heterocycles. The van der Waals surface area contributed by atoms with Crippen LogP contribution >= 0.6 is 11.3 Å². The van der Waals surface area contributed by atoms with Crippen molar-refractivity contribution in [1.82, 2.24) is 15.3 Å². The third-order valence-electron chi connectivity index (χ3n) is 5.55. The van der Waals surface area contributed by atoms with Gasteiger partial charge in [0.05, 0.1) is 25.4 Å². The number of methoxy groups -OCH3 is 1. The quantitative estimate of drug-likeness (QED) is 0.613. The summed E-state index contributed by atoms with van der Waals surface area (Å²) in [6.07, 6.45) is 4.49. The maximum atomic E-state index is 11.0. The topological polar surface area (TPSA) is 91.8 Å². The van der Waals surface area contributed by atoms with E-state index >= 15 is 0 Å². The maximum absolute atomic E-state index is 11.0. The number of nitrogens with zero attached hydrogens (tertiary/aromatic N) is 2. The number of nitrogens with one attached hydrogen (secondary N) is 1. The van der Waals surface area contributed by atoms with Crippen LogP contribution in [0.5, 0.6) is 11.1 Å². The average molecular weight is 436 g/mol. The van der Waals surface area contributed by atoms with E-state index in [1.165, 1.54) is 18.3 Å². The van der Waals surface area contributed by atoms with Gasteiger partial charge in [0.2, 0.25) is 11.8 Å². The summed E-state index contributed by atoms with van der Waals surface area (Å²) >= 11 is 1.45. The molecular formula is C21H29N3O5S. The second kappa shape index (κ2) is 9.45. The van der Waals surface area contributed by atoms with Gasteiger partial charge in [-0.2, -0.15) is 0 Å². The Morgan fingerprint density at radius 3 is 2.73 bits per heavy atom. The molecule has 4 rings (SSSR count). The van der Waals surface area contributed by atoms with Crippen molar-refractivity contribution in [2.75, 3.05) is 20.3 Å². The van der Waals surface area contributed by atoms with Gasteiger partial charge in [0.15, 0.2) is 4.83 Å². The van der Waals surface area contributed by atoms with E-state index in [0.717, 1.165) is 36.0 Å². The lowest BCUT2D eigenvalue weighted by atomic mass is 9.83. The number of pyridine rings is 1. The van der Waals surface area contributed by atoms with E-state index in [2.05, 4.69) is 15.3 Å². The van der Waals surface area contributed by atoms with Crippen LogP contribution in [0.4, 0.5) is 0 Å². The molecule has 0 aliphatic heterocycles. The highest BCUT2D eigenvalue weighted by atomic mass is 32.1. The predicted octanol–water partition coefficient (Wildman–Crippen LogP) is 2.95. The van der Waals surface area contributed by atoms with Gasteiger partial charge in [-0.3, -0.25) is 4.79 Å². The van der Waals surface area contributed by atoms with Crippen molar-refractivity contribution in [3.8, 4) is 11.1 Å². The normalized spacial score (nSPS) is 26.5. The van der Waals surface area contributed by atoms with Crippen molar-refractivity contribution >= 4 is 27.6 Å². The molecule has 2 aromatic rings. The molecule has 0 aromatic carbocycles. The highest BCUT2D eigenvalue weighted by Crippen LogP contribution is 2.34. The van der Waals surface area contributed by atoms with Crippen molar-refractivity contribution in [3.05, 3.63) is 12.1 Å². The third kappa shape index (κ3) is 5.39. The van der Waals surface area contributed by atoms with Crippen LogP contribution in [0.3, 0.4) is 0 Å². The first-order valence-corrected chi connectivity index (χ1v) is 11.3. The van der Waals surface area contributed by atoms with Crippen LogP contribution in [-0.2, 0) is 14.3 Å². The lowest BCUT2D eigenvalue weighted by molar-refractivity contribution is -0.120. The number of carbonyl (C=O) groups is 1. The average Bonchev–Trinajstić information content (AvgIpc) is 3.03. The Kier molecular flexibility index (Phi) is 6.70. The summed E-state index contributed by atoms with van der Waals surface area (Å²) in [7, 11) is 1.73. The summed E-state index contributed by atoms with van der Waals surface area (Å²) in [6, 6.07) is 3.82. The number of carbonyl (C=O) groups excluding carboxylic acids is 1. The Bertz CT molecular complexity index is 863. The van der Waals surface area contributed by atoms with E-state index in [0.29, 0.717) is 36.3 Å². The smallest absolute Gasteiger partial charge is 0.276 e. The predicted molar refractivity (Wildman–Crippen MR) is 113 cm³/mol. The van der Waals surface area contributed by atoms with Crippen LogP contribution in [0.15, 0.2) is 12.1 Å². The monoisotopic (exact) mass is 435 g/mol. The van der Waals surface area contributed by atoms with E-state index in [-0.39, 0.29) is 24.2 Å². The van der Waals surface area contributed by atoms with Gasteiger partial charge >= 0.3 is 0 Å². The van der Waals surface area contributed by atoms with Crippen molar-refractivity contribution in [2.45, 2.75) is 63.9 Å². The molecule has 1 atom stereocenters. The largest absolute Gasteiger partial charge is 0.477 e. The highest BCUT2D eigenvalue weighted by molar-refractivity contribution is 7.19. The summed E-state index contributed by atoms with van der Waals surface area (Å²) in [4.78, 5) is 20.9. The summed E-state index contributed by atoms with van der Waals surface area (Å²) in [5.41, 5.74) is 0.829. The van der Waals surface area contributed by atoms with Crippen molar-refractivity contribution in [3.63, 3.8) is 0 Å². The zero-order valence-electron chi connectivity index (χ0n) is 17.6. The van der Waals surface area contributed by atoms with Crippen molar-refractivity contribution in [2.24, 2.45) is 5.92 Å². The van der Waals surface area contributed by atoms with Gasteiger partial charge in [-0.1, -0.05) is 11.3 Å². The number of aromatic nitrogens is 2. The van der Waals surface area contributed by atoms with Gasteiger partial charge in [0.25, 0.3) is 5.19 Å². The molecule has 164 valence electrons. The SMILES string of the molecule is CO[C@H]1C[C@@H](Oc2nc3ccc(OC[C@H]4C[C@H](OC[C@H](C)NC(C)=O)C4)nc3s2)C1. The lowest BCUT2D eigenvalue weighted by Gasteiger charge is -2.35. The van der Waals surface area contributed by atoms with Crippen LogP contribution in [-0.4, -0.2) is 60.6 Å². The summed E-state index contributed by atoms with van der Waals surface area (Å²) in [5.74, 6) is 1.05. The molecule has 2 aliphatic carbocycles. The Morgan fingerprint density at radius 2 is 2.00 bits per heavy atom. The number of fused-ring (bicyclic) bond motifs is 1. The van der Waals surface area contributed by atoms with Gasteiger partial charge in [0, 0.05) is 39.0 Å². The van der Waals surface area contributed by atoms with Crippen LogP contribution in [0.25, 0.3) is 10.3 Å².